The number of ether oxygens (including phenoxy) is 1. The highest BCUT2D eigenvalue weighted by atomic mass is 32.2. The summed E-state index contributed by atoms with van der Waals surface area (Å²) in [5.74, 6) is 9.84. The van der Waals surface area contributed by atoms with Gasteiger partial charge in [-0.15, -0.1) is 0 Å². The van der Waals surface area contributed by atoms with E-state index in [1.807, 2.05) is 6.92 Å². The van der Waals surface area contributed by atoms with Gasteiger partial charge in [0, 0.05) is 6.42 Å². The lowest BCUT2D eigenvalue weighted by Gasteiger charge is -2.15. The molecule has 1 aromatic carbocycles. The van der Waals surface area contributed by atoms with Gasteiger partial charge in [0.25, 0.3) is 0 Å². The number of methoxy groups -OCH3 is 1. The van der Waals surface area contributed by atoms with E-state index in [4.69, 9.17) is 5.11 Å². The summed E-state index contributed by atoms with van der Waals surface area (Å²) < 4.78 is 31.8. The first-order valence-electron chi connectivity index (χ1n) is 7.80. The maximum absolute atomic E-state index is 12.4. The molecular formula is C19H21NO5S. The normalized spacial score (nSPS) is 11.8. The first-order chi connectivity index (χ1) is 12.4. The molecule has 138 valence electrons. The van der Waals surface area contributed by atoms with Crippen LogP contribution in [0.5, 0.6) is 0 Å². The van der Waals surface area contributed by atoms with E-state index in [0.717, 1.165) is 5.56 Å². The number of esters is 1. The Morgan fingerprint density at radius 3 is 2.42 bits per heavy atom. The maximum Gasteiger partial charge on any atom is 0.323 e. The van der Waals surface area contributed by atoms with Crippen molar-refractivity contribution < 1.29 is 23.1 Å². The Morgan fingerprint density at radius 2 is 1.85 bits per heavy atom. The molecule has 7 heteroatoms. The first kappa shape index (κ1) is 21.5. The highest BCUT2D eigenvalue weighted by molar-refractivity contribution is 7.89. The summed E-state index contributed by atoms with van der Waals surface area (Å²) in [7, 11) is -2.65. The van der Waals surface area contributed by atoms with Gasteiger partial charge in [-0.05, 0) is 37.6 Å². The number of aryl methyl sites for hydroxylation is 1. The molecule has 0 aliphatic carbocycles. The van der Waals surface area contributed by atoms with E-state index in [2.05, 4.69) is 33.1 Å². The molecule has 0 bridgehead atoms. The van der Waals surface area contributed by atoms with Crippen LogP contribution in [0.15, 0.2) is 41.3 Å². The maximum atomic E-state index is 12.4. The van der Waals surface area contributed by atoms with Gasteiger partial charge in [0.15, 0.2) is 0 Å². The van der Waals surface area contributed by atoms with Gasteiger partial charge >= 0.3 is 5.97 Å². The van der Waals surface area contributed by atoms with Crippen molar-refractivity contribution in [1.29, 1.82) is 0 Å². The number of allylic oxidation sites excluding steroid dienone is 2. The Bertz CT molecular complexity index is 849. The Morgan fingerprint density at radius 1 is 1.23 bits per heavy atom. The minimum absolute atomic E-state index is 0.0773. The van der Waals surface area contributed by atoms with Crippen molar-refractivity contribution in [2.45, 2.75) is 30.7 Å². The van der Waals surface area contributed by atoms with Crippen LogP contribution in [0.4, 0.5) is 0 Å². The number of carbonyl (C=O) groups excluding carboxylic acids is 1. The monoisotopic (exact) mass is 375 g/mol. The number of nitrogens with one attached hydrogen (secondary N) is 1. The van der Waals surface area contributed by atoms with Gasteiger partial charge in [-0.25, -0.2) is 8.42 Å². The molecule has 1 aromatic rings. The molecule has 0 spiro atoms. The van der Waals surface area contributed by atoms with Crippen LogP contribution in [0.25, 0.3) is 0 Å². The lowest BCUT2D eigenvalue weighted by atomic mass is 10.2. The van der Waals surface area contributed by atoms with Gasteiger partial charge in [0.05, 0.1) is 12.0 Å². The molecule has 0 amide bonds. The third-order valence-corrected chi connectivity index (χ3v) is 4.69. The van der Waals surface area contributed by atoms with Crippen LogP contribution in [-0.4, -0.2) is 39.3 Å². The molecule has 26 heavy (non-hydrogen) atoms. The minimum atomic E-state index is -3.84. The fourth-order valence-corrected chi connectivity index (χ4v) is 3.09. The molecule has 0 saturated heterocycles. The molecule has 0 fully saturated rings. The SMILES string of the molecule is COC(=O)[C@H](CCC#C/C=C\C#CCO)NS(=O)(=O)c1ccc(C)cc1. The largest absolute Gasteiger partial charge is 0.468 e. The van der Waals surface area contributed by atoms with E-state index in [1.165, 1.54) is 31.4 Å². The molecule has 6 nitrogen and oxygen atoms in total. The summed E-state index contributed by atoms with van der Waals surface area (Å²) in [5.41, 5.74) is 0.931. The zero-order valence-corrected chi connectivity index (χ0v) is 15.5. The molecule has 0 radical (unpaired) electrons. The lowest BCUT2D eigenvalue weighted by molar-refractivity contribution is -0.142. The molecule has 0 aliphatic heterocycles. The molecule has 0 aliphatic rings. The highest BCUT2D eigenvalue weighted by Crippen LogP contribution is 2.12. The quantitative estimate of drug-likeness (QED) is 0.575. The van der Waals surface area contributed by atoms with Crippen LogP contribution in [0, 0.1) is 30.6 Å². The van der Waals surface area contributed by atoms with Gasteiger partial charge in [-0.2, -0.15) is 4.72 Å². The number of aliphatic hydroxyl groups is 1. The van der Waals surface area contributed by atoms with Crippen molar-refractivity contribution >= 4 is 16.0 Å². The average molecular weight is 375 g/mol. The van der Waals surface area contributed by atoms with Crippen LogP contribution in [-0.2, 0) is 19.6 Å². The number of hydrogen-bond acceptors (Lipinski definition) is 5. The molecule has 1 rings (SSSR count). The van der Waals surface area contributed by atoms with E-state index < -0.39 is 22.0 Å². The van der Waals surface area contributed by atoms with Crippen LogP contribution in [0.3, 0.4) is 0 Å². The predicted octanol–water partition coefficient (Wildman–Crippen LogP) is 1.15. The molecular weight excluding hydrogens is 354 g/mol. The average Bonchev–Trinajstić information content (AvgIpc) is 2.62. The Kier molecular flexibility index (Phi) is 9.18. The highest BCUT2D eigenvalue weighted by Gasteiger charge is 2.25. The summed E-state index contributed by atoms with van der Waals surface area (Å²) in [6, 6.07) is 5.28. The van der Waals surface area contributed by atoms with E-state index in [-0.39, 0.29) is 24.3 Å². The van der Waals surface area contributed by atoms with Crippen LogP contribution in [0.1, 0.15) is 18.4 Å². The molecule has 0 saturated carbocycles. The molecule has 0 aromatic heterocycles. The molecule has 0 unspecified atom stereocenters. The van der Waals surface area contributed by atoms with Gasteiger partial charge in [-0.3, -0.25) is 4.79 Å². The number of carbonyl (C=O) groups is 1. The summed E-state index contributed by atoms with van der Waals surface area (Å²) in [6.45, 7) is 1.63. The van der Waals surface area contributed by atoms with Crippen LogP contribution >= 0.6 is 0 Å². The third-order valence-electron chi connectivity index (χ3n) is 3.21. The van der Waals surface area contributed by atoms with Crippen molar-refractivity contribution in [3.05, 3.63) is 42.0 Å². The third kappa shape index (κ3) is 7.54. The number of aliphatic hydroxyl groups excluding tert-OH is 1. The zero-order valence-electron chi connectivity index (χ0n) is 14.7. The van der Waals surface area contributed by atoms with E-state index >= 15 is 0 Å². The standard InChI is InChI=1S/C19H21NO5S/c1-16-11-13-17(14-12-16)26(23,24)20-18(19(22)25-2)10-8-6-4-3-5-7-9-15-21/h3,5,11-14,18,20-21H,8,10,15H2,1-2H3/b5-3-/t18-/m0/s1. The van der Waals surface area contributed by atoms with E-state index in [9.17, 15) is 13.2 Å². The summed E-state index contributed by atoms with van der Waals surface area (Å²) in [5, 5.41) is 8.49. The van der Waals surface area contributed by atoms with Crippen LogP contribution in [0.2, 0.25) is 0 Å². The molecule has 2 N–H and O–H groups in total. The molecule has 0 heterocycles. The van der Waals surface area contributed by atoms with Crippen molar-refractivity contribution in [2.75, 3.05) is 13.7 Å². The summed E-state index contributed by atoms with van der Waals surface area (Å²) in [6.07, 6.45) is 3.45. The van der Waals surface area contributed by atoms with Gasteiger partial charge in [0.2, 0.25) is 10.0 Å². The first-order valence-corrected chi connectivity index (χ1v) is 9.28. The summed E-state index contributed by atoms with van der Waals surface area (Å²) in [4.78, 5) is 11.9. The zero-order chi connectivity index (χ0) is 19.4. The lowest BCUT2D eigenvalue weighted by Crippen LogP contribution is -2.41. The van der Waals surface area contributed by atoms with Crippen molar-refractivity contribution in [3.8, 4) is 23.7 Å². The number of rotatable bonds is 6. The number of hydrogen-bond donors (Lipinski definition) is 2. The summed E-state index contributed by atoms with van der Waals surface area (Å²) >= 11 is 0. The van der Waals surface area contributed by atoms with Crippen molar-refractivity contribution in [2.24, 2.45) is 0 Å². The second-order valence-electron chi connectivity index (χ2n) is 5.18. The second kappa shape index (κ2) is 11.1. The van der Waals surface area contributed by atoms with E-state index in [0.29, 0.717) is 0 Å². The Labute approximate surface area is 154 Å². The van der Waals surface area contributed by atoms with Gasteiger partial charge in [0.1, 0.15) is 12.6 Å². The van der Waals surface area contributed by atoms with Crippen molar-refractivity contribution in [3.63, 3.8) is 0 Å². The van der Waals surface area contributed by atoms with Crippen LogP contribution < -0.4 is 4.72 Å². The second-order valence-corrected chi connectivity index (χ2v) is 6.90. The van der Waals surface area contributed by atoms with E-state index in [1.54, 1.807) is 12.1 Å². The predicted molar refractivity (Wildman–Crippen MR) is 98.3 cm³/mol. The Balaban J connectivity index is 2.75. The van der Waals surface area contributed by atoms with Gasteiger partial charge in [-0.1, -0.05) is 41.4 Å². The topological polar surface area (TPSA) is 92.7 Å². The minimum Gasteiger partial charge on any atom is -0.468 e. The molecule has 1 atom stereocenters. The smallest absolute Gasteiger partial charge is 0.323 e. The fraction of sp³-hybridized carbons (Fsp3) is 0.316. The number of benzene rings is 1. The fourth-order valence-electron chi connectivity index (χ4n) is 1.88. The van der Waals surface area contributed by atoms with Gasteiger partial charge < -0.3 is 9.84 Å². The number of sulfonamides is 1. The van der Waals surface area contributed by atoms with Crippen molar-refractivity contribution in [1.82, 2.24) is 4.72 Å². The Hall–Kier alpha value is -2.58.